The second kappa shape index (κ2) is 14.4. The molecule has 0 aliphatic heterocycles. The van der Waals surface area contributed by atoms with Crippen molar-refractivity contribution in [1.29, 1.82) is 0 Å². The molecule has 4 atom stereocenters. The minimum absolute atomic E-state index is 0. The van der Waals surface area contributed by atoms with Gasteiger partial charge in [-0.15, -0.1) is 24.2 Å². The Labute approximate surface area is 228 Å². The van der Waals surface area contributed by atoms with Gasteiger partial charge in [0.25, 0.3) is 0 Å². The van der Waals surface area contributed by atoms with Gasteiger partial charge in [-0.3, -0.25) is 0 Å². The molecule has 4 rings (SSSR count). The van der Waals surface area contributed by atoms with E-state index in [1.54, 1.807) is 0 Å². The Morgan fingerprint density at radius 3 is 0.882 bits per heavy atom. The molecule has 0 fully saturated rings. The predicted molar refractivity (Wildman–Crippen MR) is 135 cm³/mol. The molecule has 0 radical (unpaired) electrons. The van der Waals surface area contributed by atoms with Crippen molar-refractivity contribution in [2.45, 2.75) is 38.0 Å². The zero-order valence-electron chi connectivity index (χ0n) is 20.8. The normalized spacial score (nSPS) is 14.1. The molecule has 4 aromatic rings. The van der Waals surface area contributed by atoms with E-state index in [2.05, 4.69) is 135 Å². The van der Waals surface area contributed by atoms with Crippen LogP contribution in [-0.2, 0) is 0 Å². The standard InChI is InChI=1S/C30H30N2.2Li/c1-23(25-15-7-3-8-16-25)31-29(27-19-11-5-12-20-27)30(28-21-13-6-14-22-28)32-24(2)26-17-9-4-10-18-26;;/h3-24,29-30H,1-2H3;;/q-2;2*+1/t23-,24-,29+,30+;;/m1../s1. The van der Waals surface area contributed by atoms with E-state index in [1.807, 2.05) is 0 Å². The van der Waals surface area contributed by atoms with Crippen molar-refractivity contribution in [1.82, 2.24) is 0 Å². The molecule has 0 saturated carbocycles. The molecular weight excluding hydrogens is 402 g/mol. The van der Waals surface area contributed by atoms with Crippen molar-refractivity contribution >= 4 is 0 Å². The molecule has 0 saturated heterocycles. The van der Waals surface area contributed by atoms with Gasteiger partial charge in [-0.1, -0.05) is 157 Å². The fourth-order valence-corrected chi connectivity index (χ4v) is 4.12. The third-order valence-electron chi connectivity index (χ3n) is 5.91. The van der Waals surface area contributed by atoms with Crippen LogP contribution in [0, 0.1) is 0 Å². The number of hydrogen-bond acceptors (Lipinski definition) is 0. The Balaban J connectivity index is 0.00000204. The maximum Gasteiger partial charge on any atom is 1.00 e. The van der Waals surface area contributed by atoms with E-state index in [0.29, 0.717) is 0 Å². The van der Waals surface area contributed by atoms with E-state index in [-0.39, 0.29) is 61.9 Å². The van der Waals surface area contributed by atoms with Crippen LogP contribution in [0.1, 0.15) is 60.3 Å². The summed E-state index contributed by atoms with van der Waals surface area (Å²) in [6, 6.07) is 42.1. The van der Waals surface area contributed by atoms with Crippen LogP contribution in [0.2, 0.25) is 0 Å². The number of benzene rings is 4. The zero-order chi connectivity index (χ0) is 22.2. The van der Waals surface area contributed by atoms with Crippen LogP contribution >= 0.6 is 0 Å². The van der Waals surface area contributed by atoms with Gasteiger partial charge >= 0.3 is 37.7 Å². The molecule has 34 heavy (non-hydrogen) atoms. The Morgan fingerprint density at radius 2 is 0.618 bits per heavy atom. The average Bonchev–Trinajstić information content (AvgIpc) is 2.88. The summed E-state index contributed by atoms with van der Waals surface area (Å²) in [7, 11) is 0. The zero-order valence-corrected chi connectivity index (χ0v) is 20.8. The molecule has 0 N–H and O–H groups in total. The van der Waals surface area contributed by atoms with Crippen LogP contribution in [0.25, 0.3) is 10.6 Å². The molecule has 0 spiro atoms. The SMILES string of the molecule is C[C@@H]([N-][C@@H](c1ccccc1)[C@@H]([N-][C@H](C)c1ccccc1)c1ccccc1)c1ccccc1.[Li+].[Li+]. The second-order valence-corrected chi connectivity index (χ2v) is 8.18. The molecule has 0 bridgehead atoms. The molecule has 0 heterocycles. The van der Waals surface area contributed by atoms with Gasteiger partial charge in [0.05, 0.1) is 0 Å². The first kappa shape index (κ1) is 28.2. The molecule has 0 aliphatic rings. The summed E-state index contributed by atoms with van der Waals surface area (Å²) < 4.78 is 0. The van der Waals surface area contributed by atoms with Gasteiger partial charge in [0.1, 0.15) is 0 Å². The monoisotopic (exact) mass is 432 g/mol. The van der Waals surface area contributed by atoms with Crippen LogP contribution in [-0.4, -0.2) is 0 Å². The van der Waals surface area contributed by atoms with Gasteiger partial charge in [-0.05, 0) is 0 Å². The van der Waals surface area contributed by atoms with E-state index in [0.717, 1.165) is 0 Å². The van der Waals surface area contributed by atoms with Crippen molar-refractivity contribution in [3.63, 3.8) is 0 Å². The maximum absolute atomic E-state index is 5.35. The predicted octanol–water partition coefficient (Wildman–Crippen LogP) is 2.75. The minimum Gasteiger partial charge on any atom is -0.650 e. The fourth-order valence-electron chi connectivity index (χ4n) is 4.12. The van der Waals surface area contributed by atoms with Crippen LogP contribution in [0.5, 0.6) is 0 Å². The van der Waals surface area contributed by atoms with Gasteiger partial charge in [0, 0.05) is 0 Å². The van der Waals surface area contributed by atoms with Crippen molar-refractivity contribution < 1.29 is 37.7 Å². The number of nitrogens with zero attached hydrogens (tertiary/aromatic N) is 2. The smallest absolute Gasteiger partial charge is 0.650 e. The first-order valence-corrected chi connectivity index (χ1v) is 11.3. The summed E-state index contributed by atoms with van der Waals surface area (Å²) in [6.45, 7) is 4.35. The van der Waals surface area contributed by atoms with Crippen molar-refractivity contribution in [2.24, 2.45) is 0 Å². The largest absolute Gasteiger partial charge is 1.00 e. The topological polar surface area (TPSA) is 28.2 Å². The fraction of sp³-hybridized carbons (Fsp3) is 0.200. The van der Waals surface area contributed by atoms with E-state index in [1.165, 1.54) is 22.3 Å². The molecule has 0 aromatic heterocycles. The van der Waals surface area contributed by atoms with E-state index < -0.39 is 0 Å². The summed E-state index contributed by atoms with van der Waals surface area (Å²) in [5.74, 6) is 0. The Hall–Kier alpha value is -2.01. The third kappa shape index (κ3) is 7.50. The Kier molecular flexibility index (Phi) is 12.0. The first-order chi connectivity index (χ1) is 15.7. The summed E-state index contributed by atoms with van der Waals surface area (Å²) in [4.78, 5) is 0. The van der Waals surface area contributed by atoms with Gasteiger partial charge in [0.15, 0.2) is 0 Å². The first-order valence-electron chi connectivity index (χ1n) is 11.3. The minimum atomic E-state index is -0.0834. The van der Waals surface area contributed by atoms with Crippen molar-refractivity contribution in [2.75, 3.05) is 0 Å². The van der Waals surface area contributed by atoms with Crippen molar-refractivity contribution in [3.8, 4) is 0 Å². The number of hydrogen-bond donors (Lipinski definition) is 0. The maximum atomic E-state index is 5.35. The summed E-state index contributed by atoms with van der Waals surface area (Å²) in [5, 5.41) is 10.7. The van der Waals surface area contributed by atoms with Crippen LogP contribution in [0.3, 0.4) is 0 Å². The third-order valence-corrected chi connectivity index (χ3v) is 5.91. The van der Waals surface area contributed by atoms with Crippen LogP contribution < -0.4 is 37.7 Å². The molecule has 4 heteroatoms. The molecule has 0 aliphatic carbocycles. The van der Waals surface area contributed by atoms with Crippen LogP contribution in [0.4, 0.5) is 0 Å². The molecule has 4 aromatic carbocycles. The molecule has 2 nitrogen and oxygen atoms in total. The second-order valence-electron chi connectivity index (χ2n) is 8.18. The Morgan fingerprint density at radius 1 is 0.382 bits per heavy atom. The van der Waals surface area contributed by atoms with Crippen LogP contribution in [0.15, 0.2) is 121 Å². The average molecular weight is 432 g/mol. The van der Waals surface area contributed by atoms with Gasteiger partial charge in [0.2, 0.25) is 0 Å². The summed E-state index contributed by atoms with van der Waals surface area (Å²) in [6.07, 6.45) is 0. The molecule has 162 valence electrons. The Bertz CT molecular complexity index is 971. The number of rotatable bonds is 9. The molecule has 0 amide bonds. The summed E-state index contributed by atoms with van der Waals surface area (Å²) >= 11 is 0. The van der Waals surface area contributed by atoms with E-state index in [9.17, 15) is 0 Å². The quantitative estimate of drug-likeness (QED) is 0.364. The molecule has 0 unspecified atom stereocenters. The summed E-state index contributed by atoms with van der Waals surface area (Å²) in [5.41, 5.74) is 4.81. The van der Waals surface area contributed by atoms with Crippen molar-refractivity contribution in [3.05, 3.63) is 154 Å². The van der Waals surface area contributed by atoms with E-state index >= 15 is 0 Å². The van der Waals surface area contributed by atoms with Gasteiger partial charge in [-0.2, -0.15) is 0 Å². The molecular formula is C30H30Li2N2. The van der Waals surface area contributed by atoms with E-state index in [4.69, 9.17) is 10.6 Å². The van der Waals surface area contributed by atoms with Gasteiger partial charge < -0.3 is 10.6 Å². The van der Waals surface area contributed by atoms with Gasteiger partial charge in [-0.25, -0.2) is 0 Å².